The Morgan fingerprint density at radius 2 is 1.32 bits per heavy atom. The SMILES string of the molecule is O=S1(=O)c2cc(O)c(O)cc2-c2cc(O)c(O)cc2N1Cc1ccc(F)cc1. The summed E-state index contributed by atoms with van der Waals surface area (Å²) in [5, 5.41) is 39.4. The number of aromatic hydroxyl groups is 4. The van der Waals surface area contributed by atoms with Crippen LogP contribution >= 0.6 is 0 Å². The minimum Gasteiger partial charge on any atom is -0.504 e. The lowest BCUT2D eigenvalue weighted by molar-refractivity contribution is 0.402. The average molecular weight is 403 g/mol. The molecule has 0 aromatic heterocycles. The molecule has 0 amide bonds. The highest BCUT2D eigenvalue weighted by molar-refractivity contribution is 7.93. The molecule has 1 aliphatic heterocycles. The van der Waals surface area contributed by atoms with Gasteiger partial charge < -0.3 is 20.4 Å². The van der Waals surface area contributed by atoms with Crippen molar-refractivity contribution in [2.75, 3.05) is 4.31 Å². The number of hydrogen-bond donors (Lipinski definition) is 4. The van der Waals surface area contributed by atoms with Gasteiger partial charge in [0.1, 0.15) is 5.82 Å². The Hall–Kier alpha value is -3.46. The van der Waals surface area contributed by atoms with E-state index in [2.05, 4.69) is 0 Å². The van der Waals surface area contributed by atoms with Crippen LogP contribution in [0.1, 0.15) is 5.56 Å². The number of phenolic OH excluding ortho intramolecular Hbond substituents is 4. The predicted molar refractivity (Wildman–Crippen MR) is 98.3 cm³/mol. The zero-order chi connectivity index (χ0) is 20.2. The van der Waals surface area contributed by atoms with E-state index in [0.717, 1.165) is 22.5 Å². The highest BCUT2D eigenvalue weighted by Gasteiger charge is 2.37. The van der Waals surface area contributed by atoms with Crippen molar-refractivity contribution in [3.05, 3.63) is 59.9 Å². The van der Waals surface area contributed by atoms with Gasteiger partial charge >= 0.3 is 0 Å². The van der Waals surface area contributed by atoms with Gasteiger partial charge in [-0.25, -0.2) is 12.8 Å². The molecule has 3 aromatic carbocycles. The quantitative estimate of drug-likeness (QED) is 0.489. The standard InChI is InChI=1S/C19H14FNO6S/c20-11-3-1-10(2-4-11)9-21-14-7-17(24)15(22)5-12(14)13-6-16(23)18(25)8-19(13)28(21,26)27/h1-8,22-25H,9H2. The second-order valence-electron chi connectivity index (χ2n) is 6.33. The Morgan fingerprint density at radius 1 is 0.786 bits per heavy atom. The summed E-state index contributed by atoms with van der Waals surface area (Å²) in [6, 6.07) is 9.50. The summed E-state index contributed by atoms with van der Waals surface area (Å²) in [4.78, 5) is -0.275. The highest BCUT2D eigenvalue weighted by atomic mass is 32.2. The summed E-state index contributed by atoms with van der Waals surface area (Å²) in [6.45, 7) is -0.180. The molecule has 4 rings (SSSR count). The van der Waals surface area contributed by atoms with E-state index >= 15 is 0 Å². The number of nitrogens with zero attached hydrogens (tertiary/aromatic N) is 1. The lowest BCUT2D eigenvalue weighted by atomic mass is 10.0. The topological polar surface area (TPSA) is 118 Å². The Morgan fingerprint density at radius 3 is 1.96 bits per heavy atom. The number of anilines is 1. The van der Waals surface area contributed by atoms with E-state index in [0.29, 0.717) is 5.56 Å². The lowest BCUT2D eigenvalue weighted by Gasteiger charge is -2.32. The van der Waals surface area contributed by atoms with Gasteiger partial charge in [-0.3, -0.25) is 4.31 Å². The van der Waals surface area contributed by atoms with Crippen molar-refractivity contribution < 1.29 is 33.2 Å². The smallest absolute Gasteiger partial charge is 0.265 e. The van der Waals surface area contributed by atoms with Crippen LogP contribution in [0.15, 0.2) is 53.4 Å². The van der Waals surface area contributed by atoms with Crippen molar-refractivity contribution in [1.82, 2.24) is 0 Å². The zero-order valence-corrected chi connectivity index (χ0v) is 15.0. The summed E-state index contributed by atoms with van der Waals surface area (Å²) in [6.07, 6.45) is 0. The molecule has 0 fully saturated rings. The van der Waals surface area contributed by atoms with E-state index < -0.39 is 38.8 Å². The lowest BCUT2D eigenvalue weighted by Crippen LogP contribution is -2.33. The molecule has 0 atom stereocenters. The van der Waals surface area contributed by atoms with E-state index in [1.807, 2.05) is 0 Å². The molecule has 3 aromatic rings. The minimum atomic E-state index is -4.20. The fraction of sp³-hybridized carbons (Fsp3) is 0.0526. The third-order valence-electron chi connectivity index (χ3n) is 4.54. The summed E-state index contributed by atoms with van der Waals surface area (Å²) in [5.74, 6) is -2.61. The number of sulfonamides is 1. The maximum atomic E-state index is 13.2. The average Bonchev–Trinajstić information content (AvgIpc) is 2.64. The molecule has 7 nitrogen and oxygen atoms in total. The Balaban J connectivity index is 1.98. The fourth-order valence-electron chi connectivity index (χ4n) is 3.14. The van der Waals surface area contributed by atoms with Crippen LogP contribution in [0.25, 0.3) is 11.1 Å². The molecule has 144 valence electrons. The van der Waals surface area contributed by atoms with E-state index in [9.17, 15) is 33.2 Å². The van der Waals surface area contributed by atoms with Crippen LogP contribution < -0.4 is 4.31 Å². The number of phenols is 4. The molecule has 4 N–H and O–H groups in total. The molecule has 1 heterocycles. The molecular weight excluding hydrogens is 389 g/mol. The molecule has 0 unspecified atom stereocenters. The third-order valence-corrected chi connectivity index (χ3v) is 6.34. The van der Waals surface area contributed by atoms with Crippen LogP contribution in [0, 0.1) is 5.82 Å². The van der Waals surface area contributed by atoms with Gasteiger partial charge in [-0.15, -0.1) is 0 Å². The molecule has 0 saturated carbocycles. The third kappa shape index (κ3) is 2.67. The predicted octanol–water partition coefficient (Wildman–Crippen LogP) is 3.02. The van der Waals surface area contributed by atoms with Crippen LogP contribution in [0.3, 0.4) is 0 Å². The summed E-state index contributed by atoms with van der Waals surface area (Å²) < 4.78 is 40.6. The van der Waals surface area contributed by atoms with E-state index in [1.54, 1.807) is 0 Å². The second-order valence-corrected chi connectivity index (χ2v) is 8.16. The van der Waals surface area contributed by atoms with Crippen LogP contribution in [0.2, 0.25) is 0 Å². The largest absolute Gasteiger partial charge is 0.504 e. The molecule has 9 heteroatoms. The van der Waals surface area contributed by atoms with Gasteiger partial charge in [0.05, 0.1) is 17.1 Å². The molecule has 1 aliphatic rings. The first-order chi connectivity index (χ1) is 13.2. The maximum Gasteiger partial charge on any atom is 0.265 e. The van der Waals surface area contributed by atoms with Crippen LogP contribution in [0.5, 0.6) is 23.0 Å². The van der Waals surface area contributed by atoms with Crippen molar-refractivity contribution in [1.29, 1.82) is 0 Å². The number of halogens is 1. The van der Waals surface area contributed by atoms with E-state index in [4.69, 9.17) is 0 Å². The number of fused-ring (bicyclic) bond motifs is 3. The first-order valence-corrected chi connectivity index (χ1v) is 9.52. The number of rotatable bonds is 2. The van der Waals surface area contributed by atoms with Crippen LogP contribution in [0.4, 0.5) is 10.1 Å². The fourth-order valence-corrected chi connectivity index (χ4v) is 4.82. The summed E-state index contributed by atoms with van der Waals surface area (Å²) >= 11 is 0. The monoisotopic (exact) mass is 403 g/mol. The van der Waals surface area contributed by atoms with Gasteiger partial charge in [-0.05, 0) is 29.8 Å². The molecular formula is C19H14FNO6S. The van der Waals surface area contributed by atoms with Crippen molar-refractivity contribution in [2.24, 2.45) is 0 Å². The van der Waals surface area contributed by atoms with Crippen LogP contribution in [-0.2, 0) is 16.6 Å². The maximum absolute atomic E-state index is 13.2. The Kier molecular flexibility index (Phi) is 3.86. The summed E-state index contributed by atoms with van der Waals surface area (Å²) in [7, 11) is -4.20. The summed E-state index contributed by atoms with van der Waals surface area (Å²) in [5.41, 5.74) is 0.848. The molecule has 0 saturated heterocycles. The van der Waals surface area contributed by atoms with Gasteiger partial charge in [0, 0.05) is 23.3 Å². The number of benzene rings is 3. The number of hydrogen-bond acceptors (Lipinski definition) is 6. The van der Waals surface area contributed by atoms with Gasteiger partial charge in [0.2, 0.25) is 0 Å². The van der Waals surface area contributed by atoms with Crippen molar-refractivity contribution in [3.8, 4) is 34.1 Å². The molecule has 0 bridgehead atoms. The van der Waals surface area contributed by atoms with Crippen molar-refractivity contribution in [2.45, 2.75) is 11.4 Å². The van der Waals surface area contributed by atoms with E-state index in [-0.39, 0.29) is 28.3 Å². The van der Waals surface area contributed by atoms with Crippen LogP contribution in [-0.4, -0.2) is 28.8 Å². The Labute approximate surface area is 159 Å². The second kappa shape index (κ2) is 6.03. The molecule has 0 radical (unpaired) electrons. The Bertz CT molecular complexity index is 1210. The normalized spacial score (nSPS) is 14.4. The first kappa shape index (κ1) is 17.9. The van der Waals surface area contributed by atoms with Gasteiger partial charge in [0.25, 0.3) is 10.0 Å². The highest BCUT2D eigenvalue weighted by Crippen LogP contribution is 2.50. The van der Waals surface area contributed by atoms with Crippen molar-refractivity contribution in [3.63, 3.8) is 0 Å². The van der Waals surface area contributed by atoms with Crippen molar-refractivity contribution >= 4 is 15.7 Å². The molecule has 28 heavy (non-hydrogen) atoms. The van der Waals surface area contributed by atoms with Gasteiger partial charge in [-0.1, -0.05) is 12.1 Å². The molecule has 0 aliphatic carbocycles. The zero-order valence-electron chi connectivity index (χ0n) is 14.2. The van der Waals surface area contributed by atoms with Gasteiger partial charge in [0.15, 0.2) is 23.0 Å². The van der Waals surface area contributed by atoms with Gasteiger partial charge in [-0.2, -0.15) is 0 Å². The first-order valence-electron chi connectivity index (χ1n) is 8.08. The van der Waals surface area contributed by atoms with E-state index in [1.165, 1.54) is 30.3 Å². The molecule has 0 spiro atoms. The minimum absolute atomic E-state index is 0.0657.